The molecule has 0 unspecified atom stereocenters. The van der Waals surface area contributed by atoms with Crippen molar-refractivity contribution in [3.05, 3.63) is 34.7 Å². The maximum atomic E-state index is 12.2. The van der Waals surface area contributed by atoms with Crippen LogP contribution in [0.25, 0.3) is 6.08 Å². The van der Waals surface area contributed by atoms with Crippen LogP contribution in [0.5, 0.6) is 0 Å². The number of hydrogen-bond donors (Lipinski definition) is 0. The molecule has 1 heterocycles. The molecule has 0 N–H and O–H groups in total. The van der Waals surface area contributed by atoms with Crippen molar-refractivity contribution in [1.29, 1.82) is 5.26 Å². The van der Waals surface area contributed by atoms with Gasteiger partial charge in [0, 0.05) is 25.8 Å². The molecule has 0 aromatic heterocycles. The van der Waals surface area contributed by atoms with E-state index in [1.54, 1.807) is 4.90 Å². The number of anilines is 1. The Bertz CT molecular complexity index is 646. The maximum absolute atomic E-state index is 12.2. The van der Waals surface area contributed by atoms with Crippen molar-refractivity contribution in [2.45, 2.75) is 13.3 Å². The van der Waals surface area contributed by atoms with Gasteiger partial charge in [0.15, 0.2) is 0 Å². The number of nitriles is 1. The molecule has 1 aromatic carbocycles. The van der Waals surface area contributed by atoms with E-state index in [-0.39, 0.29) is 5.91 Å². The Kier molecular flexibility index (Phi) is 5.58. The average molecular weight is 331 g/mol. The number of rotatable bonds is 5. The molecular weight excluding hydrogens is 314 g/mol. The van der Waals surface area contributed by atoms with Crippen LogP contribution in [-0.2, 0) is 4.79 Å². The van der Waals surface area contributed by atoms with Crippen molar-refractivity contribution in [2.24, 2.45) is 0 Å². The van der Waals surface area contributed by atoms with Gasteiger partial charge in [0.1, 0.15) is 4.32 Å². The number of likely N-dealkylation sites (N-methyl/N-ethyl adjacent to an activating group) is 1. The van der Waals surface area contributed by atoms with Crippen molar-refractivity contribution < 1.29 is 4.79 Å². The molecule has 0 aliphatic carbocycles. The van der Waals surface area contributed by atoms with Crippen LogP contribution in [0.1, 0.15) is 18.9 Å². The zero-order valence-electron chi connectivity index (χ0n) is 12.6. The van der Waals surface area contributed by atoms with Crippen molar-refractivity contribution in [3.8, 4) is 6.07 Å². The molecule has 0 saturated carbocycles. The monoisotopic (exact) mass is 331 g/mol. The lowest BCUT2D eigenvalue weighted by Crippen LogP contribution is -2.27. The summed E-state index contributed by atoms with van der Waals surface area (Å²) in [5.74, 6) is -0.0206. The summed E-state index contributed by atoms with van der Waals surface area (Å²) in [6.07, 6.45) is 2.37. The second-order valence-corrected chi connectivity index (χ2v) is 6.52. The molecule has 1 aliphatic heterocycles. The summed E-state index contributed by atoms with van der Waals surface area (Å²) < 4.78 is 0.617. The van der Waals surface area contributed by atoms with E-state index in [0.29, 0.717) is 28.7 Å². The van der Waals surface area contributed by atoms with E-state index in [1.807, 2.05) is 49.2 Å². The van der Waals surface area contributed by atoms with E-state index >= 15 is 0 Å². The number of nitrogens with zero attached hydrogens (tertiary/aromatic N) is 3. The largest absolute Gasteiger partial charge is 0.374 e. The predicted octanol–water partition coefficient (Wildman–Crippen LogP) is 3.26. The number of carbonyl (C=O) groups excluding carboxylic acids is 1. The normalized spacial score (nSPS) is 16.2. The van der Waals surface area contributed by atoms with Crippen molar-refractivity contribution in [3.63, 3.8) is 0 Å². The summed E-state index contributed by atoms with van der Waals surface area (Å²) in [5, 5.41) is 8.62. The van der Waals surface area contributed by atoms with Crippen molar-refractivity contribution in [1.82, 2.24) is 4.90 Å². The van der Waals surface area contributed by atoms with Crippen LogP contribution in [0.2, 0.25) is 0 Å². The van der Waals surface area contributed by atoms with Crippen molar-refractivity contribution >= 4 is 46.0 Å². The summed E-state index contributed by atoms with van der Waals surface area (Å²) >= 11 is 6.54. The van der Waals surface area contributed by atoms with Crippen LogP contribution >= 0.6 is 24.0 Å². The van der Waals surface area contributed by atoms with E-state index in [1.165, 1.54) is 11.8 Å². The molecule has 0 atom stereocenters. The second-order valence-electron chi connectivity index (χ2n) is 4.85. The number of amides is 1. The highest BCUT2D eigenvalue weighted by atomic mass is 32.2. The zero-order chi connectivity index (χ0) is 16.1. The molecule has 0 spiro atoms. The van der Waals surface area contributed by atoms with Gasteiger partial charge in [0.25, 0.3) is 5.91 Å². The Morgan fingerprint density at radius 1 is 1.41 bits per heavy atom. The minimum atomic E-state index is -0.0206. The summed E-state index contributed by atoms with van der Waals surface area (Å²) in [6, 6.07) is 10.1. The fraction of sp³-hybridized carbons (Fsp3) is 0.312. The van der Waals surface area contributed by atoms with Gasteiger partial charge in [-0.2, -0.15) is 5.26 Å². The first kappa shape index (κ1) is 16.5. The maximum Gasteiger partial charge on any atom is 0.266 e. The van der Waals surface area contributed by atoms with E-state index in [9.17, 15) is 4.79 Å². The number of thiocarbonyl (C=S) groups is 1. The van der Waals surface area contributed by atoms with Gasteiger partial charge in [0.05, 0.1) is 17.4 Å². The molecule has 0 radical (unpaired) electrons. The molecular formula is C16H17N3OS2. The standard InChI is InChI=1S/C16H17N3OS2/c1-3-19-15(20)14(22-16(19)21)11-12-5-7-13(8-6-12)18(2)10-4-9-17/h5-8,11H,3-4,10H2,1-2H3/b14-11+. The third kappa shape index (κ3) is 3.67. The highest BCUT2D eigenvalue weighted by molar-refractivity contribution is 8.26. The van der Waals surface area contributed by atoms with Gasteiger partial charge in [0.2, 0.25) is 0 Å². The highest BCUT2D eigenvalue weighted by Crippen LogP contribution is 2.32. The van der Waals surface area contributed by atoms with Gasteiger partial charge in [-0.15, -0.1) is 0 Å². The third-order valence-corrected chi connectivity index (χ3v) is 4.76. The molecule has 1 aromatic rings. The number of carbonyl (C=O) groups is 1. The minimum absolute atomic E-state index is 0.0206. The minimum Gasteiger partial charge on any atom is -0.374 e. The quantitative estimate of drug-likeness (QED) is 0.612. The Morgan fingerprint density at radius 3 is 2.64 bits per heavy atom. The lowest BCUT2D eigenvalue weighted by atomic mass is 10.1. The van der Waals surface area contributed by atoms with Gasteiger partial charge in [-0.3, -0.25) is 9.69 Å². The smallest absolute Gasteiger partial charge is 0.266 e. The number of hydrogen-bond acceptors (Lipinski definition) is 5. The zero-order valence-corrected chi connectivity index (χ0v) is 14.2. The first-order valence-corrected chi connectivity index (χ1v) is 8.22. The molecule has 1 saturated heterocycles. The molecule has 1 amide bonds. The lowest BCUT2D eigenvalue weighted by molar-refractivity contribution is -0.121. The Hall–Kier alpha value is -1.84. The lowest BCUT2D eigenvalue weighted by Gasteiger charge is -2.17. The molecule has 0 bridgehead atoms. The van der Waals surface area contributed by atoms with Gasteiger partial charge in [-0.05, 0) is 30.7 Å². The van der Waals surface area contributed by atoms with Gasteiger partial charge < -0.3 is 4.90 Å². The Labute approximate surface area is 140 Å². The van der Waals surface area contributed by atoms with E-state index < -0.39 is 0 Å². The van der Waals surface area contributed by atoms with Crippen LogP contribution in [0.3, 0.4) is 0 Å². The summed E-state index contributed by atoms with van der Waals surface area (Å²) in [5.41, 5.74) is 2.02. The SMILES string of the molecule is CCN1C(=O)/C(=C\c2ccc(N(C)CCC#N)cc2)SC1=S. The van der Waals surface area contributed by atoms with E-state index in [2.05, 4.69) is 6.07 Å². The fourth-order valence-electron chi connectivity index (χ4n) is 2.10. The first-order chi connectivity index (χ1) is 10.6. The molecule has 4 nitrogen and oxygen atoms in total. The Balaban J connectivity index is 2.12. The van der Waals surface area contributed by atoms with Crippen LogP contribution in [-0.4, -0.2) is 35.3 Å². The number of benzene rings is 1. The summed E-state index contributed by atoms with van der Waals surface area (Å²) in [7, 11) is 1.96. The van der Waals surface area contributed by atoms with Gasteiger partial charge in [-0.25, -0.2) is 0 Å². The third-order valence-electron chi connectivity index (χ3n) is 3.38. The molecule has 1 fully saturated rings. The highest BCUT2D eigenvalue weighted by Gasteiger charge is 2.30. The van der Waals surface area contributed by atoms with Crippen molar-refractivity contribution in [2.75, 3.05) is 25.0 Å². The van der Waals surface area contributed by atoms with Crippen LogP contribution in [0.4, 0.5) is 5.69 Å². The van der Waals surface area contributed by atoms with E-state index in [4.69, 9.17) is 17.5 Å². The van der Waals surface area contributed by atoms with Crippen LogP contribution < -0.4 is 4.90 Å². The molecule has 22 heavy (non-hydrogen) atoms. The van der Waals surface area contributed by atoms with Gasteiger partial charge in [-0.1, -0.05) is 36.1 Å². The molecule has 6 heteroatoms. The van der Waals surface area contributed by atoms with Crippen LogP contribution in [0, 0.1) is 11.3 Å². The topological polar surface area (TPSA) is 47.3 Å². The molecule has 2 rings (SSSR count). The number of thioether (sulfide) groups is 1. The average Bonchev–Trinajstić information content (AvgIpc) is 2.79. The predicted molar refractivity (Wildman–Crippen MR) is 95.5 cm³/mol. The second kappa shape index (κ2) is 7.43. The molecule has 1 aliphatic rings. The first-order valence-electron chi connectivity index (χ1n) is 7.00. The van der Waals surface area contributed by atoms with Gasteiger partial charge >= 0.3 is 0 Å². The Morgan fingerprint density at radius 2 is 2.09 bits per heavy atom. The van der Waals surface area contributed by atoms with Crippen LogP contribution in [0.15, 0.2) is 29.2 Å². The van der Waals surface area contributed by atoms with E-state index in [0.717, 1.165) is 11.3 Å². The fourth-order valence-corrected chi connectivity index (χ4v) is 3.48. The summed E-state index contributed by atoms with van der Waals surface area (Å²) in [6.45, 7) is 3.22. The summed E-state index contributed by atoms with van der Waals surface area (Å²) in [4.78, 5) is 16.5. The molecule has 114 valence electrons.